The fourth-order valence-electron chi connectivity index (χ4n) is 3.93. The number of benzene rings is 3. The van der Waals surface area contributed by atoms with E-state index in [1.54, 1.807) is 34.9 Å². The fraction of sp³-hybridized carbons (Fsp3) is 0.0800. The summed E-state index contributed by atoms with van der Waals surface area (Å²) >= 11 is 9.58. The van der Waals surface area contributed by atoms with Crippen LogP contribution in [0.3, 0.4) is 0 Å². The molecule has 5 aromatic rings. The lowest BCUT2D eigenvalue weighted by atomic mass is 10.0. The lowest BCUT2D eigenvalue weighted by Gasteiger charge is -2.14. The van der Waals surface area contributed by atoms with Crippen molar-refractivity contribution in [3.8, 4) is 45.6 Å². The summed E-state index contributed by atoms with van der Waals surface area (Å²) in [5.41, 5.74) is 4.27. The summed E-state index contributed by atoms with van der Waals surface area (Å²) in [5.74, 6) is 0.426. The van der Waals surface area contributed by atoms with E-state index in [-0.39, 0.29) is 11.6 Å². The van der Waals surface area contributed by atoms with Crippen LogP contribution in [0.25, 0.3) is 39.1 Å². The zero-order chi connectivity index (χ0) is 23.1. The van der Waals surface area contributed by atoms with E-state index < -0.39 is 0 Å². The van der Waals surface area contributed by atoms with Gasteiger partial charge in [0.2, 0.25) is 5.88 Å². The van der Waals surface area contributed by atoms with Crippen molar-refractivity contribution in [2.45, 2.75) is 6.92 Å². The Morgan fingerprint density at radius 3 is 2.39 bits per heavy atom. The molecule has 6 nitrogen and oxygen atoms in total. The third kappa shape index (κ3) is 3.73. The standard InChI is InChI=1S/C25H19BrClN3O3/c1-2-33-20-13-15(5-12-19(20)31)24-21-22(14-3-6-16(26)7-4-14)28-29-23(21)25(32)30(24)18-10-8-17(27)9-11-18/h3-13,29,31-32H,2H2,1H3. The van der Waals surface area contributed by atoms with Gasteiger partial charge >= 0.3 is 0 Å². The molecule has 0 unspecified atom stereocenters. The van der Waals surface area contributed by atoms with Gasteiger partial charge in [-0.05, 0) is 61.5 Å². The van der Waals surface area contributed by atoms with Gasteiger partial charge in [-0.2, -0.15) is 5.10 Å². The van der Waals surface area contributed by atoms with Crippen LogP contribution in [0.5, 0.6) is 17.4 Å². The first kappa shape index (κ1) is 21.4. The van der Waals surface area contributed by atoms with Gasteiger partial charge < -0.3 is 14.9 Å². The fourth-order valence-corrected chi connectivity index (χ4v) is 4.32. The number of H-pyrrole nitrogens is 1. The maximum atomic E-state index is 11.3. The number of halogens is 2. The third-order valence-corrected chi connectivity index (χ3v) is 6.18. The van der Waals surface area contributed by atoms with Crippen molar-refractivity contribution >= 4 is 38.4 Å². The zero-order valence-corrected chi connectivity index (χ0v) is 19.9. The van der Waals surface area contributed by atoms with Crippen LogP contribution in [-0.4, -0.2) is 31.6 Å². The second-order valence-corrected chi connectivity index (χ2v) is 8.78. The quantitative estimate of drug-likeness (QED) is 0.233. The largest absolute Gasteiger partial charge is 0.504 e. The minimum Gasteiger partial charge on any atom is -0.504 e. The van der Waals surface area contributed by atoms with Gasteiger partial charge in [0.25, 0.3) is 0 Å². The summed E-state index contributed by atoms with van der Waals surface area (Å²) in [7, 11) is 0. The van der Waals surface area contributed by atoms with E-state index in [0.29, 0.717) is 34.3 Å². The van der Waals surface area contributed by atoms with Crippen LogP contribution in [0.2, 0.25) is 5.02 Å². The smallest absolute Gasteiger partial charge is 0.222 e. The molecule has 0 saturated heterocycles. The third-order valence-electron chi connectivity index (χ3n) is 5.40. The van der Waals surface area contributed by atoms with Crippen LogP contribution >= 0.6 is 27.5 Å². The Hall–Kier alpha value is -3.42. The van der Waals surface area contributed by atoms with Crippen LogP contribution < -0.4 is 4.74 Å². The number of phenols is 1. The highest BCUT2D eigenvalue weighted by Gasteiger charge is 2.25. The van der Waals surface area contributed by atoms with Crippen molar-refractivity contribution in [3.05, 3.63) is 76.2 Å². The molecule has 0 amide bonds. The summed E-state index contributed by atoms with van der Waals surface area (Å²) in [6, 6.07) is 20.2. The number of hydrogen-bond acceptors (Lipinski definition) is 4. The molecule has 33 heavy (non-hydrogen) atoms. The first-order valence-electron chi connectivity index (χ1n) is 10.3. The Morgan fingerprint density at radius 2 is 1.70 bits per heavy atom. The average molecular weight is 525 g/mol. The number of nitrogens with zero attached hydrogens (tertiary/aromatic N) is 2. The maximum absolute atomic E-state index is 11.3. The minimum absolute atomic E-state index is 0.0178. The number of rotatable bonds is 5. The minimum atomic E-state index is 0.0178. The van der Waals surface area contributed by atoms with Gasteiger partial charge in [-0.25, -0.2) is 0 Å². The number of aromatic amines is 1. The van der Waals surface area contributed by atoms with E-state index in [1.165, 1.54) is 0 Å². The Bertz CT molecular complexity index is 1460. The molecule has 5 rings (SSSR count). The van der Waals surface area contributed by atoms with E-state index in [1.807, 2.05) is 43.3 Å². The number of aromatic hydroxyl groups is 2. The monoisotopic (exact) mass is 523 g/mol. The predicted octanol–water partition coefficient (Wildman–Crippen LogP) is 6.91. The molecule has 2 heterocycles. The molecule has 0 fully saturated rings. The highest BCUT2D eigenvalue weighted by atomic mass is 79.9. The molecule has 0 aliphatic rings. The molecule has 0 aliphatic heterocycles. The molecule has 0 bridgehead atoms. The SMILES string of the molecule is CCOc1cc(-c2c3c(-c4ccc(Br)cc4)n[nH]c3c(O)n2-c2ccc(Cl)cc2)ccc1O. The van der Waals surface area contributed by atoms with E-state index in [9.17, 15) is 10.2 Å². The van der Waals surface area contributed by atoms with E-state index >= 15 is 0 Å². The molecule has 0 radical (unpaired) electrons. The molecule has 0 atom stereocenters. The van der Waals surface area contributed by atoms with Gasteiger partial charge in [-0.1, -0.05) is 39.7 Å². The van der Waals surface area contributed by atoms with Crippen molar-refractivity contribution < 1.29 is 14.9 Å². The Balaban J connectivity index is 1.85. The zero-order valence-electron chi connectivity index (χ0n) is 17.5. The van der Waals surface area contributed by atoms with Crippen LogP contribution in [0.4, 0.5) is 0 Å². The van der Waals surface area contributed by atoms with Gasteiger partial charge in [-0.15, -0.1) is 0 Å². The molecule has 2 aromatic heterocycles. The molecule has 3 N–H and O–H groups in total. The summed E-state index contributed by atoms with van der Waals surface area (Å²) < 4.78 is 8.32. The first-order valence-corrected chi connectivity index (χ1v) is 11.4. The lowest BCUT2D eigenvalue weighted by molar-refractivity contribution is 0.318. The molecular formula is C25H19BrClN3O3. The number of nitrogens with one attached hydrogen (secondary N) is 1. The second kappa shape index (κ2) is 8.50. The summed E-state index contributed by atoms with van der Waals surface area (Å²) in [6.45, 7) is 2.26. The van der Waals surface area contributed by atoms with E-state index in [2.05, 4.69) is 26.1 Å². The van der Waals surface area contributed by atoms with Crippen molar-refractivity contribution in [2.75, 3.05) is 6.61 Å². The van der Waals surface area contributed by atoms with Crippen molar-refractivity contribution in [3.63, 3.8) is 0 Å². The van der Waals surface area contributed by atoms with Crippen LogP contribution in [0.1, 0.15) is 6.92 Å². The number of phenolic OH excluding ortho intramolecular Hbond substituents is 1. The Labute approximate surface area is 203 Å². The number of ether oxygens (including phenoxy) is 1. The highest BCUT2D eigenvalue weighted by Crippen LogP contribution is 2.45. The molecule has 8 heteroatoms. The van der Waals surface area contributed by atoms with Gasteiger partial charge in [0.1, 0.15) is 11.2 Å². The van der Waals surface area contributed by atoms with Crippen molar-refractivity contribution in [1.29, 1.82) is 0 Å². The van der Waals surface area contributed by atoms with E-state index in [4.69, 9.17) is 16.3 Å². The molecule has 0 spiro atoms. The average Bonchev–Trinajstić information content (AvgIpc) is 3.36. The molecular weight excluding hydrogens is 506 g/mol. The summed E-state index contributed by atoms with van der Waals surface area (Å²) in [4.78, 5) is 0. The van der Waals surface area contributed by atoms with Crippen molar-refractivity contribution in [2.24, 2.45) is 0 Å². The predicted molar refractivity (Wildman–Crippen MR) is 134 cm³/mol. The molecule has 3 aromatic carbocycles. The van der Waals surface area contributed by atoms with Gasteiger partial charge in [0.05, 0.1) is 17.7 Å². The first-order chi connectivity index (χ1) is 16.0. The number of aromatic nitrogens is 3. The number of hydrogen-bond donors (Lipinski definition) is 3. The van der Waals surface area contributed by atoms with Gasteiger partial charge in [-0.3, -0.25) is 9.67 Å². The van der Waals surface area contributed by atoms with Gasteiger partial charge in [0, 0.05) is 26.3 Å². The highest BCUT2D eigenvalue weighted by molar-refractivity contribution is 9.10. The summed E-state index contributed by atoms with van der Waals surface area (Å²) in [6.07, 6.45) is 0. The van der Waals surface area contributed by atoms with Crippen molar-refractivity contribution in [1.82, 2.24) is 14.8 Å². The van der Waals surface area contributed by atoms with Crippen LogP contribution in [0, 0.1) is 0 Å². The molecule has 0 aliphatic carbocycles. The molecule has 166 valence electrons. The Morgan fingerprint density at radius 1 is 1.00 bits per heavy atom. The van der Waals surface area contributed by atoms with Crippen LogP contribution in [-0.2, 0) is 0 Å². The molecule has 0 saturated carbocycles. The maximum Gasteiger partial charge on any atom is 0.222 e. The van der Waals surface area contributed by atoms with Gasteiger partial charge in [0.15, 0.2) is 11.5 Å². The normalized spacial score (nSPS) is 11.2. The van der Waals surface area contributed by atoms with E-state index in [0.717, 1.165) is 26.7 Å². The summed E-state index contributed by atoms with van der Waals surface area (Å²) in [5, 5.41) is 30.4. The second-order valence-electron chi connectivity index (χ2n) is 7.43. The topological polar surface area (TPSA) is 83.3 Å². The van der Waals surface area contributed by atoms with Crippen LogP contribution in [0.15, 0.2) is 71.2 Å². The number of fused-ring (bicyclic) bond motifs is 1. The lowest BCUT2D eigenvalue weighted by Crippen LogP contribution is -1.98. The Kier molecular flexibility index (Phi) is 5.52.